The van der Waals surface area contributed by atoms with Crippen LogP contribution in [0.25, 0.3) is 98.4 Å². The standard InChI is InChI=1S/C58H37NO/c1-2-18-47-39(12-1)13-11-24-48(47)43-16-9-14-40(34-43)41-15-10-17-45(35-41)59(46-31-33-58-56(37-46)54-23-7-8-25-57(54)60-58)44-29-26-38(27-30-44)42-28-32-53-51-21-4-3-19-49(51)50-20-5-6-22-52(50)55(53)36-42/h1-37H. The molecule has 0 amide bonds. The van der Waals surface area contributed by atoms with Crippen molar-refractivity contribution >= 4 is 82.1 Å². The van der Waals surface area contributed by atoms with Gasteiger partial charge in [0.2, 0.25) is 0 Å². The summed E-state index contributed by atoms with van der Waals surface area (Å²) in [5.74, 6) is 0. The van der Waals surface area contributed by atoms with Crippen LogP contribution in [0.1, 0.15) is 0 Å². The number of furan rings is 1. The summed E-state index contributed by atoms with van der Waals surface area (Å²) in [5, 5.41) is 12.4. The van der Waals surface area contributed by atoms with E-state index in [0.717, 1.165) is 44.6 Å². The third kappa shape index (κ3) is 5.65. The third-order valence-electron chi connectivity index (χ3n) is 12.2. The Morgan fingerprint density at radius 3 is 1.55 bits per heavy atom. The Bertz CT molecular complexity index is 3570. The zero-order valence-electron chi connectivity index (χ0n) is 32.7. The number of benzene rings is 11. The Labute approximate surface area is 347 Å². The van der Waals surface area contributed by atoms with Crippen LogP contribution < -0.4 is 4.90 Å². The van der Waals surface area contributed by atoms with E-state index in [9.17, 15) is 0 Å². The fourth-order valence-corrected chi connectivity index (χ4v) is 9.36. The van der Waals surface area contributed by atoms with Crippen LogP contribution in [0.15, 0.2) is 229 Å². The highest BCUT2D eigenvalue weighted by atomic mass is 16.3. The number of hydrogen-bond acceptors (Lipinski definition) is 2. The van der Waals surface area contributed by atoms with Gasteiger partial charge in [-0.15, -0.1) is 0 Å². The highest BCUT2D eigenvalue weighted by Crippen LogP contribution is 2.42. The first-order chi connectivity index (χ1) is 29.7. The molecule has 60 heavy (non-hydrogen) atoms. The lowest BCUT2D eigenvalue weighted by molar-refractivity contribution is 0.669. The van der Waals surface area contributed by atoms with Gasteiger partial charge in [-0.25, -0.2) is 0 Å². The fraction of sp³-hybridized carbons (Fsp3) is 0. The predicted molar refractivity (Wildman–Crippen MR) is 255 cm³/mol. The molecule has 0 unspecified atom stereocenters. The van der Waals surface area contributed by atoms with E-state index in [1.807, 2.05) is 12.1 Å². The van der Waals surface area contributed by atoms with Gasteiger partial charge in [0.15, 0.2) is 0 Å². The Morgan fingerprint density at radius 2 is 0.767 bits per heavy atom. The second-order valence-electron chi connectivity index (χ2n) is 15.7. The maximum Gasteiger partial charge on any atom is 0.135 e. The maximum atomic E-state index is 6.28. The molecular formula is C58H37NO. The molecule has 0 radical (unpaired) electrons. The van der Waals surface area contributed by atoms with E-state index in [1.165, 1.54) is 70.9 Å². The second kappa shape index (κ2) is 13.9. The monoisotopic (exact) mass is 763 g/mol. The average molecular weight is 764 g/mol. The van der Waals surface area contributed by atoms with Crippen LogP contribution in [0.2, 0.25) is 0 Å². The van der Waals surface area contributed by atoms with E-state index in [1.54, 1.807) is 0 Å². The molecule has 0 saturated heterocycles. The van der Waals surface area contributed by atoms with Crippen molar-refractivity contribution in [3.8, 4) is 33.4 Å². The molecule has 1 aromatic heterocycles. The van der Waals surface area contributed by atoms with Gasteiger partial charge in [-0.1, -0.05) is 164 Å². The minimum atomic E-state index is 0.880. The minimum absolute atomic E-state index is 0.880. The van der Waals surface area contributed by atoms with E-state index in [0.29, 0.717) is 0 Å². The summed E-state index contributed by atoms with van der Waals surface area (Å²) in [6.45, 7) is 0. The van der Waals surface area contributed by atoms with Crippen molar-refractivity contribution in [1.82, 2.24) is 0 Å². The molecule has 0 aliphatic rings. The first kappa shape index (κ1) is 34.1. The molecule has 280 valence electrons. The van der Waals surface area contributed by atoms with Crippen molar-refractivity contribution in [3.63, 3.8) is 0 Å². The molecule has 0 aliphatic carbocycles. The molecule has 11 aromatic carbocycles. The predicted octanol–water partition coefficient (Wildman–Crippen LogP) is 16.7. The Morgan fingerprint density at radius 1 is 0.250 bits per heavy atom. The first-order valence-corrected chi connectivity index (χ1v) is 20.6. The Kier molecular flexibility index (Phi) is 7.89. The summed E-state index contributed by atoms with van der Waals surface area (Å²) in [6, 6.07) is 81.3. The van der Waals surface area contributed by atoms with Crippen LogP contribution in [-0.4, -0.2) is 0 Å². The summed E-state index contributed by atoms with van der Waals surface area (Å²) in [5.41, 5.74) is 12.1. The van der Waals surface area contributed by atoms with Crippen LogP contribution in [-0.2, 0) is 0 Å². The van der Waals surface area contributed by atoms with E-state index in [2.05, 4.69) is 217 Å². The number of anilines is 3. The molecular weight excluding hydrogens is 727 g/mol. The molecule has 12 rings (SSSR count). The lowest BCUT2D eigenvalue weighted by Crippen LogP contribution is -2.10. The highest BCUT2D eigenvalue weighted by molar-refractivity contribution is 6.25. The maximum absolute atomic E-state index is 6.28. The van der Waals surface area contributed by atoms with Gasteiger partial charge >= 0.3 is 0 Å². The summed E-state index contributed by atoms with van der Waals surface area (Å²) < 4.78 is 6.28. The SMILES string of the molecule is c1cc(-c2cccc(N(c3ccc(-c4ccc5c6ccccc6c6ccccc6c5c4)cc3)c3ccc4oc5ccccc5c4c3)c2)cc(-c2cccc3ccccc23)c1. The van der Waals surface area contributed by atoms with Gasteiger partial charge in [0, 0.05) is 27.8 Å². The van der Waals surface area contributed by atoms with Gasteiger partial charge in [0.1, 0.15) is 11.2 Å². The molecule has 0 saturated carbocycles. The molecule has 0 atom stereocenters. The second-order valence-corrected chi connectivity index (χ2v) is 15.7. The molecule has 0 fully saturated rings. The normalized spacial score (nSPS) is 11.7. The van der Waals surface area contributed by atoms with Crippen LogP contribution in [0.5, 0.6) is 0 Å². The summed E-state index contributed by atoms with van der Waals surface area (Å²) in [7, 11) is 0. The summed E-state index contributed by atoms with van der Waals surface area (Å²) >= 11 is 0. The first-order valence-electron chi connectivity index (χ1n) is 20.6. The number of hydrogen-bond donors (Lipinski definition) is 0. The van der Waals surface area contributed by atoms with Crippen LogP contribution >= 0.6 is 0 Å². The van der Waals surface area contributed by atoms with Crippen LogP contribution in [0.3, 0.4) is 0 Å². The minimum Gasteiger partial charge on any atom is -0.456 e. The van der Waals surface area contributed by atoms with Crippen molar-refractivity contribution in [2.75, 3.05) is 4.90 Å². The quantitative estimate of drug-likeness (QED) is 0.157. The molecule has 2 nitrogen and oxygen atoms in total. The summed E-state index contributed by atoms with van der Waals surface area (Å²) in [4.78, 5) is 2.36. The largest absolute Gasteiger partial charge is 0.456 e. The molecule has 1 heterocycles. The van der Waals surface area contributed by atoms with Crippen molar-refractivity contribution in [2.24, 2.45) is 0 Å². The van der Waals surface area contributed by atoms with Gasteiger partial charge in [-0.05, 0) is 137 Å². The van der Waals surface area contributed by atoms with Crippen molar-refractivity contribution in [3.05, 3.63) is 224 Å². The highest BCUT2D eigenvalue weighted by Gasteiger charge is 2.18. The van der Waals surface area contributed by atoms with Gasteiger partial charge in [0.05, 0.1) is 0 Å². The van der Waals surface area contributed by atoms with Crippen molar-refractivity contribution in [2.45, 2.75) is 0 Å². The molecule has 0 aliphatic heterocycles. The Hall–Kier alpha value is -7.94. The Balaban J connectivity index is 0.979. The molecule has 12 aromatic rings. The number of nitrogens with zero attached hydrogens (tertiary/aromatic N) is 1. The topological polar surface area (TPSA) is 16.4 Å². The van der Waals surface area contributed by atoms with E-state index >= 15 is 0 Å². The zero-order chi connectivity index (χ0) is 39.6. The van der Waals surface area contributed by atoms with Gasteiger partial charge < -0.3 is 9.32 Å². The van der Waals surface area contributed by atoms with E-state index < -0.39 is 0 Å². The smallest absolute Gasteiger partial charge is 0.135 e. The lowest BCUT2D eigenvalue weighted by atomic mass is 9.92. The van der Waals surface area contributed by atoms with Crippen molar-refractivity contribution in [1.29, 1.82) is 0 Å². The van der Waals surface area contributed by atoms with Gasteiger partial charge in [-0.2, -0.15) is 0 Å². The number of fused-ring (bicyclic) bond motifs is 10. The molecule has 0 N–H and O–H groups in total. The van der Waals surface area contributed by atoms with E-state index in [-0.39, 0.29) is 0 Å². The van der Waals surface area contributed by atoms with Crippen LogP contribution in [0.4, 0.5) is 17.1 Å². The number of rotatable bonds is 6. The zero-order valence-corrected chi connectivity index (χ0v) is 32.7. The number of para-hydroxylation sites is 1. The molecule has 0 bridgehead atoms. The van der Waals surface area contributed by atoms with E-state index in [4.69, 9.17) is 4.42 Å². The molecule has 2 heteroatoms. The van der Waals surface area contributed by atoms with Gasteiger partial charge in [-0.3, -0.25) is 0 Å². The van der Waals surface area contributed by atoms with Crippen molar-refractivity contribution < 1.29 is 4.42 Å². The average Bonchev–Trinajstić information content (AvgIpc) is 3.70. The van der Waals surface area contributed by atoms with Crippen LogP contribution in [0, 0.1) is 0 Å². The van der Waals surface area contributed by atoms with Gasteiger partial charge in [0.25, 0.3) is 0 Å². The summed E-state index contributed by atoms with van der Waals surface area (Å²) in [6.07, 6.45) is 0. The fourth-order valence-electron chi connectivity index (χ4n) is 9.36. The molecule has 0 spiro atoms. The third-order valence-corrected chi connectivity index (χ3v) is 12.2. The lowest BCUT2D eigenvalue weighted by Gasteiger charge is -2.26.